The second-order valence-electron chi connectivity index (χ2n) is 6.16. The summed E-state index contributed by atoms with van der Waals surface area (Å²) < 4.78 is 27.7. The van der Waals surface area contributed by atoms with Gasteiger partial charge in [-0.25, -0.2) is 13.1 Å². The molecule has 0 aliphatic heterocycles. The number of aryl methyl sites for hydroxylation is 1. The number of rotatable bonds is 6. The van der Waals surface area contributed by atoms with Crippen molar-refractivity contribution in [3.8, 4) is 0 Å². The predicted octanol–water partition coefficient (Wildman–Crippen LogP) is 4.41. The molecule has 0 aromatic heterocycles. The van der Waals surface area contributed by atoms with Gasteiger partial charge in [0, 0.05) is 6.04 Å². The minimum atomic E-state index is -3.51. The van der Waals surface area contributed by atoms with Crippen molar-refractivity contribution < 1.29 is 8.42 Å². The van der Waals surface area contributed by atoms with Gasteiger partial charge in [0.25, 0.3) is 0 Å². The lowest BCUT2D eigenvalue weighted by molar-refractivity contribution is 0.567. The molecule has 0 fully saturated rings. The zero-order valence-electron chi connectivity index (χ0n) is 14.2. The Hall–Kier alpha value is -1.65. The molecule has 23 heavy (non-hydrogen) atoms. The molecule has 2 rings (SSSR count). The van der Waals surface area contributed by atoms with E-state index in [1.807, 2.05) is 38.1 Å². The molecule has 1 unspecified atom stereocenters. The van der Waals surface area contributed by atoms with Gasteiger partial charge in [-0.1, -0.05) is 57.2 Å². The quantitative estimate of drug-likeness (QED) is 0.852. The lowest BCUT2D eigenvalue weighted by Gasteiger charge is -2.16. The third-order valence-corrected chi connectivity index (χ3v) is 5.63. The third kappa shape index (κ3) is 4.43. The second-order valence-corrected chi connectivity index (χ2v) is 7.88. The topological polar surface area (TPSA) is 46.2 Å². The first-order valence-corrected chi connectivity index (χ1v) is 9.53. The normalized spacial score (nSPS) is 13.3. The van der Waals surface area contributed by atoms with Crippen LogP contribution in [0.2, 0.25) is 0 Å². The molecule has 2 aromatic carbocycles. The molecule has 0 saturated heterocycles. The first kappa shape index (κ1) is 17.7. The van der Waals surface area contributed by atoms with E-state index in [1.54, 1.807) is 12.1 Å². The van der Waals surface area contributed by atoms with E-state index in [4.69, 9.17) is 0 Å². The summed E-state index contributed by atoms with van der Waals surface area (Å²) in [6.07, 6.45) is 0.895. The largest absolute Gasteiger partial charge is 0.241 e. The molecule has 1 N–H and O–H groups in total. The number of hydrogen-bond donors (Lipinski definition) is 1. The molecule has 0 bridgehead atoms. The highest BCUT2D eigenvalue weighted by atomic mass is 32.2. The van der Waals surface area contributed by atoms with Crippen LogP contribution >= 0.6 is 0 Å². The smallest absolute Gasteiger partial charge is 0.207 e. The van der Waals surface area contributed by atoms with Gasteiger partial charge >= 0.3 is 0 Å². The van der Waals surface area contributed by atoms with Crippen molar-refractivity contribution in [1.82, 2.24) is 4.72 Å². The number of nitrogens with one attached hydrogen (secondary N) is 1. The Kier molecular flexibility index (Phi) is 5.60. The molecule has 0 aliphatic rings. The third-order valence-electron chi connectivity index (χ3n) is 4.08. The van der Waals surface area contributed by atoms with Gasteiger partial charge in [0.1, 0.15) is 0 Å². The van der Waals surface area contributed by atoms with Gasteiger partial charge in [0.05, 0.1) is 4.90 Å². The maximum atomic E-state index is 12.5. The summed E-state index contributed by atoms with van der Waals surface area (Å²) in [5.74, 6) is 0.466. The fraction of sp³-hybridized carbons (Fsp3) is 0.368. The zero-order valence-corrected chi connectivity index (χ0v) is 15.0. The van der Waals surface area contributed by atoms with Gasteiger partial charge in [-0.3, -0.25) is 0 Å². The van der Waals surface area contributed by atoms with E-state index in [9.17, 15) is 8.42 Å². The van der Waals surface area contributed by atoms with Crippen molar-refractivity contribution in [2.24, 2.45) is 0 Å². The summed E-state index contributed by atoms with van der Waals surface area (Å²) in [4.78, 5) is 0.306. The first-order chi connectivity index (χ1) is 10.8. The SMILES string of the molecule is CCc1ccc(S(=O)(=O)NC(C)c2ccc(C(C)C)cc2)cc1. The van der Waals surface area contributed by atoms with Crippen molar-refractivity contribution >= 4 is 10.0 Å². The van der Waals surface area contributed by atoms with Crippen LogP contribution in [0.25, 0.3) is 0 Å². The Morgan fingerprint density at radius 1 is 0.870 bits per heavy atom. The highest BCUT2D eigenvalue weighted by Gasteiger charge is 2.18. The summed E-state index contributed by atoms with van der Waals surface area (Å²) in [6, 6.07) is 14.9. The molecule has 0 spiro atoms. The van der Waals surface area contributed by atoms with Crippen molar-refractivity contribution in [3.63, 3.8) is 0 Å². The predicted molar refractivity (Wildman–Crippen MR) is 95.1 cm³/mol. The fourth-order valence-electron chi connectivity index (χ4n) is 2.44. The molecule has 3 nitrogen and oxygen atoms in total. The number of sulfonamides is 1. The standard InChI is InChI=1S/C19H25NO2S/c1-5-16-6-12-19(13-7-16)23(21,22)20-15(4)18-10-8-17(9-11-18)14(2)3/h6-15,20H,5H2,1-4H3. The van der Waals surface area contributed by atoms with Crippen LogP contribution < -0.4 is 4.72 Å². The summed E-state index contributed by atoms with van der Waals surface area (Å²) in [6.45, 7) is 8.19. The van der Waals surface area contributed by atoms with E-state index in [1.165, 1.54) is 5.56 Å². The van der Waals surface area contributed by atoms with E-state index in [0.29, 0.717) is 10.8 Å². The van der Waals surface area contributed by atoms with Crippen molar-refractivity contribution in [2.75, 3.05) is 0 Å². The average Bonchev–Trinajstić information content (AvgIpc) is 2.54. The van der Waals surface area contributed by atoms with Gasteiger partial charge in [-0.15, -0.1) is 0 Å². The van der Waals surface area contributed by atoms with E-state index in [-0.39, 0.29) is 6.04 Å². The summed E-state index contributed by atoms with van der Waals surface area (Å²) in [5, 5.41) is 0. The van der Waals surface area contributed by atoms with Crippen LogP contribution in [-0.4, -0.2) is 8.42 Å². The van der Waals surface area contributed by atoms with Crippen LogP contribution in [0.4, 0.5) is 0 Å². The van der Waals surface area contributed by atoms with Crippen LogP contribution in [0.3, 0.4) is 0 Å². The molecule has 0 heterocycles. The number of benzene rings is 2. The Labute approximate surface area is 139 Å². The molecule has 124 valence electrons. The highest BCUT2D eigenvalue weighted by molar-refractivity contribution is 7.89. The van der Waals surface area contributed by atoms with Gasteiger partial charge in [0.2, 0.25) is 10.0 Å². The van der Waals surface area contributed by atoms with Gasteiger partial charge in [-0.05, 0) is 48.1 Å². The van der Waals surface area contributed by atoms with Gasteiger partial charge in [0.15, 0.2) is 0 Å². The fourth-order valence-corrected chi connectivity index (χ4v) is 3.67. The minimum absolute atomic E-state index is 0.271. The summed E-state index contributed by atoms with van der Waals surface area (Å²) in [7, 11) is -3.51. The molecule has 0 amide bonds. The van der Waals surface area contributed by atoms with E-state index in [0.717, 1.165) is 17.5 Å². The van der Waals surface area contributed by atoms with Crippen LogP contribution in [0.5, 0.6) is 0 Å². The Morgan fingerprint density at radius 2 is 1.39 bits per heavy atom. The van der Waals surface area contributed by atoms with Crippen LogP contribution in [0, 0.1) is 0 Å². The molecule has 0 saturated carbocycles. The van der Waals surface area contributed by atoms with Crippen LogP contribution in [0.1, 0.15) is 56.3 Å². The zero-order chi connectivity index (χ0) is 17.0. The van der Waals surface area contributed by atoms with E-state index < -0.39 is 10.0 Å². The molecule has 0 aliphatic carbocycles. The first-order valence-electron chi connectivity index (χ1n) is 8.04. The maximum Gasteiger partial charge on any atom is 0.241 e. The summed E-state index contributed by atoms with van der Waals surface area (Å²) in [5.41, 5.74) is 3.34. The summed E-state index contributed by atoms with van der Waals surface area (Å²) >= 11 is 0. The maximum absolute atomic E-state index is 12.5. The number of hydrogen-bond acceptors (Lipinski definition) is 2. The molecule has 2 aromatic rings. The van der Waals surface area contributed by atoms with Gasteiger partial charge < -0.3 is 0 Å². The van der Waals surface area contributed by atoms with Crippen LogP contribution in [-0.2, 0) is 16.4 Å². The van der Waals surface area contributed by atoms with E-state index >= 15 is 0 Å². The van der Waals surface area contributed by atoms with E-state index in [2.05, 4.69) is 30.7 Å². The molecule has 4 heteroatoms. The van der Waals surface area contributed by atoms with Crippen molar-refractivity contribution in [3.05, 3.63) is 65.2 Å². The monoisotopic (exact) mass is 331 g/mol. The van der Waals surface area contributed by atoms with Crippen LogP contribution in [0.15, 0.2) is 53.4 Å². The second kappa shape index (κ2) is 7.28. The average molecular weight is 331 g/mol. The molecule has 1 atom stereocenters. The lowest BCUT2D eigenvalue weighted by Crippen LogP contribution is -2.26. The lowest BCUT2D eigenvalue weighted by atomic mass is 10.00. The minimum Gasteiger partial charge on any atom is -0.207 e. The van der Waals surface area contributed by atoms with Crippen molar-refractivity contribution in [2.45, 2.75) is 51.0 Å². The Morgan fingerprint density at radius 3 is 1.87 bits per heavy atom. The molecule has 0 radical (unpaired) electrons. The highest BCUT2D eigenvalue weighted by Crippen LogP contribution is 2.20. The van der Waals surface area contributed by atoms with Crippen molar-refractivity contribution in [1.29, 1.82) is 0 Å². The Balaban J connectivity index is 2.15. The van der Waals surface area contributed by atoms with Gasteiger partial charge in [-0.2, -0.15) is 0 Å². The molecular formula is C19H25NO2S. The Bertz CT molecular complexity index is 732. The molecular weight excluding hydrogens is 306 g/mol.